The van der Waals surface area contributed by atoms with Gasteiger partial charge in [-0.1, -0.05) is 18.2 Å². The van der Waals surface area contributed by atoms with Crippen LogP contribution in [0.4, 0.5) is 0 Å². The van der Waals surface area contributed by atoms with Crippen molar-refractivity contribution in [3.05, 3.63) is 71.9 Å². The zero-order valence-corrected chi connectivity index (χ0v) is 16.6. The Balaban J connectivity index is 1.48. The van der Waals surface area contributed by atoms with Crippen LogP contribution in [0.15, 0.2) is 59.0 Å². The monoisotopic (exact) mass is 405 g/mol. The molecule has 0 aliphatic carbocycles. The van der Waals surface area contributed by atoms with E-state index in [1.807, 2.05) is 30.3 Å². The number of methoxy groups -OCH3 is 1. The second-order valence-electron chi connectivity index (χ2n) is 6.48. The summed E-state index contributed by atoms with van der Waals surface area (Å²) >= 11 is 0. The molecule has 9 heteroatoms. The fraction of sp³-hybridized carbons (Fsp3) is 0.190. The maximum absolute atomic E-state index is 12.6. The Kier molecular flexibility index (Phi) is 5.25. The molecule has 0 unspecified atom stereocenters. The summed E-state index contributed by atoms with van der Waals surface area (Å²) in [6.45, 7) is 3.35. The van der Waals surface area contributed by atoms with Crippen LogP contribution >= 0.6 is 0 Å². The second-order valence-corrected chi connectivity index (χ2v) is 6.48. The number of hydrogen-bond acceptors (Lipinski definition) is 8. The Morgan fingerprint density at radius 3 is 2.47 bits per heavy atom. The lowest BCUT2D eigenvalue weighted by molar-refractivity contribution is 0.0271. The van der Waals surface area contributed by atoms with E-state index in [4.69, 9.17) is 13.9 Å². The molecule has 0 amide bonds. The first-order valence-corrected chi connectivity index (χ1v) is 9.23. The summed E-state index contributed by atoms with van der Waals surface area (Å²) in [5.74, 6) is 0.607. The summed E-state index contributed by atoms with van der Waals surface area (Å²) in [6.07, 6.45) is -0.752. The van der Waals surface area contributed by atoms with Gasteiger partial charge in [-0.3, -0.25) is 0 Å². The smallest absolute Gasteiger partial charge is 0.361 e. The lowest BCUT2D eigenvalue weighted by Crippen LogP contribution is -2.11. The summed E-state index contributed by atoms with van der Waals surface area (Å²) in [6, 6.07) is 16.5. The van der Waals surface area contributed by atoms with Crippen molar-refractivity contribution in [1.29, 1.82) is 0 Å². The molecule has 0 aliphatic heterocycles. The Morgan fingerprint density at radius 2 is 1.77 bits per heavy atom. The number of hydrogen-bond donors (Lipinski definition) is 0. The van der Waals surface area contributed by atoms with Crippen LogP contribution in [0, 0.1) is 6.92 Å². The van der Waals surface area contributed by atoms with Crippen molar-refractivity contribution in [1.82, 2.24) is 25.2 Å². The third-order valence-corrected chi connectivity index (χ3v) is 4.37. The number of benzene rings is 2. The number of nitrogens with zero attached hydrogens (tertiary/aromatic N) is 5. The van der Waals surface area contributed by atoms with Gasteiger partial charge in [0.15, 0.2) is 11.8 Å². The zero-order valence-electron chi connectivity index (χ0n) is 16.6. The van der Waals surface area contributed by atoms with E-state index in [0.29, 0.717) is 11.6 Å². The van der Waals surface area contributed by atoms with Crippen LogP contribution in [0.2, 0.25) is 0 Å². The highest BCUT2D eigenvalue weighted by molar-refractivity contribution is 5.88. The number of carbonyl (C=O) groups is 1. The first-order chi connectivity index (χ1) is 14.5. The van der Waals surface area contributed by atoms with E-state index in [2.05, 4.69) is 20.4 Å². The average molecular weight is 405 g/mol. The van der Waals surface area contributed by atoms with Crippen LogP contribution in [0.1, 0.15) is 35.1 Å². The summed E-state index contributed by atoms with van der Waals surface area (Å²) < 4.78 is 16.3. The Bertz CT molecular complexity index is 1150. The molecule has 0 N–H and O–H groups in total. The second kappa shape index (κ2) is 8.16. The van der Waals surface area contributed by atoms with Gasteiger partial charge in [0.2, 0.25) is 5.89 Å². The largest absolute Gasteiger partial charge is 0.497 e. The molecule has 4 aromatic rings. The van der Waals surface area contributed by atoms with Crippen molar-refractivity contribution < 1.29 is 18.7 Å². The van der Waals surface area contributed by atoms with Crippen molar-refractivity contribution in [3.63, 3.8) is 0 Å². The first kappa shape index (κ1) is 19.3. The third kappa shape index (κ3) is 3.90. The van der Waals surface area contributed by atoms with Gasteiger partial charge in [0, 0.05) is 5.56 Å². The molecule has 0 fully saturated rings. The SMILES string of the molecule is COc1ccc(-c2nnc([C@@H](C)OC(=O)c3nn(-c4ccccc4)nc3C)o2)cc1. The fourth-order valence-electron chi connectivity index (χ4n) is 2.76. The molecule has 1 atom stereocenters. The lowest BCUT2D eigenvalue weighted by atomic mass is 10.2. The average Bonchev–Trinajstić information content (AvgIpc) is 3.42. The normalized spacial score (nSPS) is 11.8. The van der Waals surface area contributed by atoms with Gasteiger partial charge < -0.3 is 13.9 Å². The van der Waals surface area contributed by atoms with E-state index < -0.39 is 12.1 Å². The number of aromatic nitrogens is 5. The number of esters is 1. The molecule has 2 aromatic heterocycles. The maximum Gasteiger partial charge on any atom is 0.361 e. The van der Waals surface area contributed by atoms with Crippen LogP contribution in [0.3, 0.4) is 0 Å². The topological polar surface area (TPSA) is 105 Å². The molecule has 2 aromatic carbocycles. The Hall–Kier alpha value is -4.01. The molecule has 0 aliphatic rings. The molecule has 0 saturated carbocycles. The first-order valence-electron chi connectivity index (χ1n) is 9.23. The molecule has 0 bridgehead atoms. The summed E-state index contributed by atoms with van der Waals surface area (Å²) in [5, 5.41) is 16.5. The number of para-hydroxylation sites is 1. The van der Waals surface area contributed by atoms with Gasteiger partial charge >= 0.3 is 5.97 Å². The standard InChI is InChI=1S/C21H19N5O4/c1-13-18(25-26(24-13)16-7-5-4-6-8-16)21(27)29-14(2)19-22-23-20(30-19)15-9-11-17(28-3)12-10-15/h4-12,14H,1-3H3/t14-/m1/s1. The highest BCUT2D eigenvalue weighted by atomic mass is 16.6. The van der Waals surface area contributed by atoms with E-state index >= 15 is 0 Å². The third-order valence-electron chi connectivity index (χ3n) is 4.37. The van der Waals surface area contributed by atoms with E-state index in [-0.39, 0.29) is 11.6 Å². The van der Waals surface area contributed by atoms with Crippen LogP contribution in [0.25, 0.3) is 17.1 Å². The minimum Gasteiger partial charge on any atom is -0.497 e. The highest BCUT2D eigenvalue weighted by Gasteiger charge is 2.24. The maximum atomic E-state index is 12.6. The molecule has 0 saturated heterocycles. The minimum absolute atomic E-state index is 0.126. The zero-order chi connectivity index (χ0) is 21.1. The van der Waals surface area contributed by atoms with Gasteiger partial charge in [-0.2, -0.15) is 9.90 Å². The Morgan fingerprint density at radius 1 is 1.03 bits per heavy atom. The van der Waals surface area contributed by atoms with E-state index in [9.17, 15) is 4.79 Å². The van der Waals surface area contributed by atoms with E-state index in [1.54, 1.807) is 45.2 Å². The number of carbonyl (C=O) groups excluding carboxylic acids is 1. The molecule has 0 spiro atoms. The predicted molar refractivity (Wildman–Crippen MR) is 106 cm³/mol. The van der Waals surface area contributed by atoms with Gasteiger partial charge in [0.25, 0.3) is 5.89 Å². The van der Waals surface area contributed by atoms with E-state index in [1.165, 1.54) is 4.80 Å². The van der Waals surface area contributed by atoms with Gasteiger partial charge in [0.1, 0.15) is 5.75 Å². The fourth-order valence-corrected chi connectivity index (χ4v) is 2.76. The van der Waals surface area contributed by atoms with Crippen molar-refractivity contribution in [2.24, 2.45) is 0 Å². The lowest BCUT2D eigenvalue weighted by Gasteiger charge is -2.07. The van der Waals surface area contributed by atoms with Gasteiger partial charge in [-0.25, -0.2) is 4.79 Å². The summed E-state index contributed by atoms with van der Waals surface area (Å²) in [7, 11) is 1.59. The molecular weight excluding hydrogens is 386 g/mol. The van der Waals surface area contributed by atoms with Gasteiger partial charge in [-0.15, -0.1) is 15.3 Å². The minimum atomic E-state index is -0.752. The van der Waals surface area contributed by atoms with Crippen molar-refractivity contribution >= 4 is 5.97 Å². The summed E-state index contributed by atoms with van der Waals surface area (Å²) in [4.78, 5) is 14.0. The predicted octanol–water partition coefficient (Wildman–Crippen LogP) is 3.55. The molecule has 4 rings (SSSR count). The van der Waals surface area contributed by atoms with E-state index in [0.717, 1.165) is 17.0 Å². The summed E-state index contributed by atoms with van der Waals surface area (Å²) in [5.41, 5.74) is 2.06. The van der Waals surface area contributed by atoms with Crippen LogP contribution in [-0.4, -0.2) is 38.3 Å². The van der Waals surface area contributed by atoms with Crippen molar-refractivity contribution in [2.75, 3.05) is 7.11 Å². The molecule has 2 heterocycles. The van der Waals surface area contributed by atoms with Crippen molar-refractivity contribution in [3.8, 4) is 22.9 Å². The van der Waals surface area contributed by atoms with Crippen molar-refractivity contribution in [2.45, 2.75) is 20.0 Å². The number of aryl methyl sites for hydroxylation is 1. The molecule has 152 valence electrons. The Labute approximate surface area is 172 Å². The van der Waals surface area contributed by atoms with Gasteiger partial charge in [0.05, 0.1) is 18.5 Å². The van der Waals surface area contributed by atoms with Crippen LogP contribution in [0.5, 0.6) is 5.75 Å². The van der Waals surface area contributed by atoms with Crippen LogP contribution < -0.4 is 4.74 Å². The number of rotatable bonds is 6. The molecule has 9 nitrogen and oxygen atoms in total. The highest BCUT2D eigenvalue weighted by Crippen LogP contribution is 2.25. The molecule has 30 heavy (non-hydrogen) atoms. The molecular formula is C21H19N5O4. The quantitative estimate of drug-likeness (QED) is 0.449. The number of ether oxygens (including phenoxy) is 2. The van der Waals surface area contributed by atoms with Gasteiger partial charge in [-0.05, 0) is 50.2 Å². The van der Waals surface area contributed by atoms with Crippen LogP contribution in [-0.2, 0) is 4.74 Å². The molecule has 0 radical (unpaired) electrons.